The maximum absolute atomic E-state index is 11.3. The highest BCUT2D eigenvalue weighted by atomic mass is 32.2. The lowest BCUT2D eigenvalue weighted by atomic mass is 10.3. The van der Waals surface area contributed by atoms with Gasteiger partial charge in [-0.25, -0.2) is 8.42 Å². The van der Waals surface area contributed by atoms with Crippen LogP contribution in [-0.4, -0.2) is 38.2 Å². The number of hydrogen-bond donors (Lipinski definition) is 1. The van der Waals surface area contributed by atoms with E-state index < -0.39 is 10.0 Å². The van der Waals surface area contributed by atoms with Gasteiger partial charge in [0.15, 0.2) is 0 Å². The van der Waals surface area contributed by atoms with Gasteiger partial charge in [0.2, 0.25) is 10.0 Å². The third-order valence-electron chi connectivity index (χ3n) is 2.79. The van der Waals surface area contributed by atoms with Crippen molar-refractivity contribution < 1.29 is 13.2 Å². The summed E-state index contributed by atoms with van der Waals surface area (Å²) in [6, 6.07) is 7.23. The Balaban J connectivity index is 2.02. The van der Waals surface area contributed by atoms with Gasteiger partial charge < -0.3 is 10.5 Å². The molecule has 1 aromatic rings. The average Bonchev–Trinajstić information content (AvgIpc) is 2.69. The molecule has 1 atom stereocenters. The molecule has 1 fully saturated rings. The van der Waals surface area contributed by atoms with Gasteiger partial charge in [0.05, 0.1) is 18.5 Å². The van der Waals surface area contributed by atoms with E-state index in [0.717, 1.165) is 0 Å². The fourth-order valence-electron chi connectivity index (χ4n) is 1.86. The molecule has 17 heavy (non-hydrogen) atoms. The van der Waals surface area contributed by atoms with E-state index in [4.69, 9.17) is 10.5 Å². The largest absolute Gasteiger partial charge is 0.487 e. The first kappa shape index (κ1) is 12.2. The van der Waals surface area contributed by atoms with Crippen LogP contribution in [0.15, 0.2) is 24.3 Å². The Morgan fingerprint density at radius 1 is 1.41 bits per heavy atom. The minimum absolute atomic E-state index is 0.116. The third-order valence-corrected chi connectivity index (χ3v) is 4.06. The van der Waals surface area contributed by atoms with Crippen LogP contribution >= 0.6 is 0 Å². The maximum Gasteiger partial charge on any atom is 0.211 e. The predicted octanol–water partition coefficient (Wildman–Crippen LogP) is 0.681. The fourth-order valence-corrected chi connectivity index (χ4v) is 2.74. The van der Waals surface area contributed by atoms with E-state index in [2.05, 4.69) is 0 Å². The Hall–Kier alpha value is -1.27. The molecule has 1 aliphatic heterocycles. The summed E-state index contributed by atoms with van der Waals surface area (Å²) < 4.78 is 29.8. The average molecular weight is 256 g/mol. The van der Waals surface area contributed by atoms with Crippen LogP contribution in [0.2, 0.25) is 0 Å². The molecule has 1 saturated heterocycles. The van der Waals surface area contributed by atoms with Gasteiger partial charge in [0, 0.05) is 6.54 Å². The molecule has 1 unspecified atom stereocenters. The molecule has 1 aliphatic rings. The normalized spacial score (nSPS) is 21.6. The topological polar surface area (TPSA) is 72.6 Å². The number of para-hydroxylation sites is 2. The summed E-state index contributed by atoms with van der Waals surface area (Å²) in [5, 5.41) is 0. The number of hydrogen-bond acceptors (Lipinski definition) is 4. The van der Waals surface area contributed by atoms with Crippen LogP contribution in [0.5, 0.6) is 5.75 Å². The molecule has 0 radical (unpaired) electrons. The first-order valence-corrected chi connectivity index (χ1v) is 7.28. The maximum atomic E-state index is 11.3. The third kappa shape index (κ3) is 2.89. The van der Waals surface area contributed by atoms with Gasteiger partial charge in [-0.05, 0) is 18.6 Å². The SMILES string of the molecule is CS(=O)(=O)N1CCC(Oc2ccccc2N)C1. The van der Waals surface area contributed by atoms with Crippen LogP contribution in [0.25, 0.3) is 0 Å². The number of anilines is 1. The molecule has 0 amide bonds. The summed E-state index contributed by atoms with van der Waals surface area (Å²) in [7, 11) is -3.12. The Bertz CT molecular complexity index is 501. The van der Waals surface area contributed by atoms with Gasteiger partial charge in [0.25, 0.3) is 0 Å². The van der Waals surface area contributed by atoms with Crippen molar-refractivity contribution >= 4 is 15.7 Å². The Morgan fingerprint density at radius 2 is 2.12 bits per heavy atom. The molecule has 0 aromatic heterocycles. The zero-order valence-electron chi connectivity index (χ0n) is 9.67. The van der Waals surface area contributed by atoms with Gasteiger partial charge in [0.1, 0.15) is 11.9 Å². The molecule has 2 rings (SSSR count). The van der Waals surface area contributed by atoms with Crippen molar-refractivity contribution in [2.24, 2.45) is 0 Å². The van der Waals surface area contributed by atoms with Crippen LogP contribution in [0, 0.1) is 0 Å². The van der Waals surface area contributed by atoms with Crippen molar-refractivity contribution in [1.82, 2.24) is 4.31 Å². The van der Waals surface area contributed by atoms with Gasteiger partial charge in [-0.1, -0.05) is 12.1 Å². The molecule has 5 nitrogen and oxygen atoms in total. The molecule has 0 aliphatic carbocycles. The Morgan fingerprint density at radius 3 is 2.71 bits per heavy atom. The molecule has 0 bridgehead atoms. The van der Waals surface area contributed by atoms with Crippen molar-refractivity contribution in [3.8, 4) is 5.75 Å². The standard InChI is InChI=1S/C11H16N2O3S/c1-17(14,15)13-7-6-9(8-13)16-11-5-3-2-4-10(11)12/h2-5,9H,6-8,12H2,1H3. The highest BCUT2D eigenvalue weighted by Crippen LogP contribution is 2.24. The number of benzene rings is 1. The molecule has 0 spiro atoms. The zero-order chi connectivity index (χ0) is 12.5. The second-order valence-corrected chi connectivity index (χ2v) is 6.17. The first-order valence-electron chi connectivity index (χ1n) is 5.43. The minimum Gasteiger partial charge on any atom is -0.487 e. The van der Waals surface area contributed by atoms with Gasteiger partial charge in [-0.3, -0.25) is 0 Å². The quantitative estimate of drug-likeness (QED) is 0.807. The highest BCUT2D eigenvalue weighted by Gasteiger charge is 2.29. The van der Waals surface area contributed by atoms with E-state index in [0.29, 0.717) is 30.9 Å². The summed E-state index contributed by atoms with van der Waals surface area (Å²) in [5.74, 6) is 0.618. The highest BCUT2D eigenvalue weighted by molar-refractivity contribution is 7.88. The molecule has 0 saturated carbocycles. The van der Waals surface area contributed by atoms with E-state index in [-0.39, 0.29) is 6.10 Å². The van der Waals surface area contributed by atoms with E-state index in [9.17, 15) is 8.42 Å². The molecule has 1 heterocycles. The number of sulfonamides is 1. The number of ether oxygens (including phenoxy) is 1. The second-order valence-electron chi connectivity index (χ2n) is 4.19. The van der Waals surface area contributed by atoms with Crippen molar-refractivity contribution in [3.05, 3.63) is 24.3 Å². The van der Waals surface area contributed by atoms with E-state index in [1.165, 1.54) is 10.6 Å². The number of nitrogens with two attached hydrogens (primary N) is 1. The van der Waals surface area contributed by atoms with Crippen LogP contribution in [-0.2, 0) is 10.0 Å². The second kappa shape index (κ2) is 4.54. The van der Waals surface area contributed by atoms with E-state index in [1.54, 1.807) is 12.1 Å². The molecule has 2 N–H and O–H groups in total. The molecule has 94 valence electrons. The molecular weight excluding hydrogens is 240 g/mol. The lowest BCUT2D eigenvalue weighted by Crippen LogP contribution is -2.30. The molecular formula is C11H16N2O3S. The molecule has 1 aromatic carbocycles. The lowest BCUT2D eigenvalue weighted by Gasteiger charge is -2.16. The number of nitrogen functional groups attached to an aromatic ring is 1. The smallest absolute Gasteiger partial charge is 0.211 e. The fraction of sp³-hybridized carbons (Fsp3) is 0.455. The van der Waals surface area contributed by atoms with Gasteiger partial charge >= 0.3 is 0 Å². The minimum atomic E-state index is -3.12. The number of nitrogens with zero attached hydrogens (tertiary/aromatic N) is 1. The Kier molecular flexibility index (Phi) is 3.26. The van der Waals surface area contributed by atoms with E-state index in [1.807, 2.05) is 12.1 Å². The first-order chi connectivity index (χ1) is 7.97. The summed E-state index contributed by atoms with van der Waals surface area (Å²) in [6.07, 6.45) is 1.79. The monoisotopic (exact) mass is 256 g/mol. The number of rotatable bonds is 3. The zero-order valence-corrected chi connectivity index (χ0v) is 10.5. The Labute approximate surface area is 101 Å². The van der Waals surface area contributed by atoms with Crippen molar-refractivity contribution in [2.75, 3.05) is 25.1 Å². The van der Waals surface area contributed by atoms with Crippen molar-refractivity contribution in [1.29, 1.82) is 0 Å². The lowest BCUT2D eigenvalue weighted by molar-refractivity contribution is 0.217. The van der Waals surface area contributed by atoms with Crippen molar-refractivity contribution in [2.45, 2.75) is 12.5 Å². The van der Waals surface area contributed by atoms with Crippen LogP contribution in [0.1, 0.15) is 6.42 Å². The summed E-state index contributed by atoms with van der Waals surface area (Å²) in [4.78, 5) is 0. The summed E-state index contributed by atoms with van der Waals surface area (Å²) in [6.45, 7) is 0.906. The van der Waals surface area contributed by atoms with Crippen LogP contribution in [0.4, 0.5) is 5.69 Å². The van der Waals surface area contributed by atoms with E-state index >= 15 is 0 Å². The van der Waals surface area contributed by atoms with Gasteiger partial charge in [-0.15, -0.1) is 0 Å². The summed E-state index contributed by atoms with van der Waals surface area (Å²) in [5.41, 5.74) is 6.34. The van der Waals surface area contributed by atoms with Crippen LogP contribution < -0.4 is 10.5 Å². The molecule has 6 heteroatoms. The van der Waals surface area contributed by atoms with Crippen molar-refractivity contribution in [3.63, 3.8) is 0 Å². The van der Waals surface area contributed by atoms with Gasteiger partial charge in [-0.2, -0.15) is 4.31 Å². The summed E-state index contributed by atoms with van der Waals surface area (Å²) >= 11 is 0. The predicted molar refractivity (Wildman–Crippen MR) is 66.3 cm³/mol. The van der Waals surface area contributed by atoms with Crippen LogP contribution in [0.3, 0.4) is 0 Å².